The molecule has 0 bridgehead atoms. The molecule has 0 spiro atoms. The van der Waals surface area contributed by atoms with E-state index in [2.05, 4.69) is 24.4 Å². The van der Waals surface area contributed by atoms with Crippen LogP contribution in [0.4, 0.5) is 0 Å². The minimum atomic E-state index is 0.231. The maximum Gasteiger partial charge on any atom is 0.0332 e. The van der Waals surface area contributed by atoms with E-state index in [9.17, 15) is 0 Å². The molecule has 2 heteroatoms. The van der Waals surface area contributed by atoms with Gasteiger partial charge in [0.2, 0.25) is 0 Å². The maximum absolute atomic E-state index is 6.02. The van der Waals surface area contributed by atoms with E-state index in [1.807, 2.05) is 0 Å². The van der Waals surface area contributed by atoms with Crippen molar-refractivity contribution in [3.8, 4) is 0 Å². The summed E-state index contributed by atoms with van der Waals surface area (Å²) >= 11 is 0. The van der Waals surface area contributed by atoms with Gasteiger partial charge in [0.25, 0.3) is 0 Å². The van der Waals surface area contributed by atoms with Gasteiger partial charge in [0.05, 0.1) is 0 Å². The molecule has 1 saturated carbocycles. The van der Waals surface area contributed by atoms with Crippen LogP contribution < -0.4 is 11.1 Å². The molecule has 2 rings (SSSR count). The Morgan fingerprint density at radius 2 is 2.07 bits per heavy atom. The smallest absolute Gasteiger partial charge is 0.0332 e. The molecule has 3 N–H and O–H groups in total. The number of rotatable bonds is 3. The molecule has 86 valence electrons. The Hall–Kier alpha value is -0.340. The van der Waals surface area contributed by atoms with E-state index >= 15 is 0 Å². The zero-order valence-electron chi connectivity index (χ0n) is 9.84. The predicted octanol–water partition coefficient (Wildman–Crippen LogP) is 2.20. The summed E-state index contributed by atoms with van der Waals surface area (Å²) in [6.07, 6.45) is 12.3. The van der Waals surface area contributed by atoms with Crippen molar-refractivity contribution in [1.82, 2.24) is 5.32 Å². The van der Waals surface area contributed by atoms with Crippen LogP contribution in [0, 0.1) is 5.92 Å². The average molecular weight is 208 g/mol. The molecule has 0 aromatic rings. The Labute approximate surface area is 93.3 Å². The minimum absolute atomic E-state index is 0.231. The Morgan fingerprint density at radius 1 is 1.33 bits per heavy atom. The monoisotopic (exact) mass is 208 g/mol. The number of nitrogens with two attached hydrogens (primary N) is 1. The zero-order chi connectivity index (χ0) is 10.7. The summed E-state index contributed by atoms with van der Waals surface area (Å²) in [4.78, 5) is 0. The second-order valence-electron chi connectivity index (χ2n) is 5.29. The van der Waals surface area contributed by atoms with E-state index in [1.54, 1.807) is 0 Å². The highest BCUT2D eigenvalue weighted by Gasteiger charge is 2.38. The van der Waals surface area contributed by atoms with Gasteiger partial charge in [-0.05, 0) is 31.6 Å². The SMILES string of the molecule is CC1CCCCC1(CN)NC1CC=CC1. The van der Waals surface area contributed by atoms with Gasteiger partial charge in [0.1, 0.15) is 0 Å². The van der Waals surface area contributed by atoms with Gasteiger partial charge in [-0.2, -0.15) is 0 Å². The second-order valence-corrected chi connectivity index (χ2v) is 5.29. The summed E-state index contributed by atoms with van der Waals surface area (Å²) in [5.74, 6) is 0.733. The van der Waals surface area contributed by atoms with Crippen LogP contribution in [0.1, 0.15) is 45.4 Å². The van der Waals surface area contributed by atoms with Gasteiger partial charge in [-0.3, -0.25) is 0 Å². The van der Waals surface area contributed by atoms with Gasteiger partial charge < -0.3 is 11.1 Å². The lowest BCUT2D eigenvalue weighted by Crippen LogP contribution is -2.59. The van der Waals surface area contributed by atoms with E-state index in [4.69, 9.17) is 5.73 Å². The van der Waals surface area contributed by atoms with E-state index < -0.39 is 0 Å². The lowest BCUT2D eigenvalue weighted by molar-refractivity contribution is 0.146. The van der Waals surface area contributed by atoms with Gasteiger partial charge >= 0.3 is 0 Å². The fourth-order valence-corrected chi connectivity index (χ4v) is 3.13. The van der Waals surface area contributed by atoms with E-state index in [1.165, 1.54) is 38.5 Å². The van der Waals surface area contributed by atoms with Crippen LogP contribution in [0.5, 0.6) is 0 Å². The summed E-state index contributed by atoms with van der Waals surface area (Å²) in [6, 6.07) is 0.647. The molecule has 2 unspecified atom stereocenters. The van der Waals surface area contributed by atoms with Crippen LogP contribution >= 0.6 is 0 Å². The van der Waals surface area contributed by atoms with Gasteiger partial charge in [-0.15, -0.1) is 0 Å². The molecule has 0 amide bonds. The van der Waals surface area contributed by atoms with Gasteiger partial charge in [-0.1, -0.05) is 31.9 Å². The molecule has 2 nitrogen and oxygen atoms in total. The van der Waals surface area contributed by atoms with Gasteiger partial charge in [0, 0.05) is 18.1 Å². The number of hydrogen-bond acceptors (Lipinski definition) is 2. The van der Waals surface area contributed by atoms with Crippen molar-refractivity contribution >= 4 is 0 Å². The molecule has 0 saturated heterocycles. The Balaban J connectivity index is 1.99. The van der Waals surface area contributed by atoms with Crippen LogP contribution in [0.3, 0.4) is 0 Å². The van der Waals surface area contributed by atoms with E-state index in [-0.39, 0.29) is 5.54 Å². The molecular weight excluding hydrogens is 184 g/mol. The molecule has 2 aliphatic rings. The number of nitrogens with one attached hydrogen (secondary N) is 1. The van der Waals surface area contributed by atoms with Crippen molar-refractivity contribution in [3.63, 3.8) is 0 Å². The summed E-state index contributed by atoms with van der Waals surface area (Å²) in [5.41, 5.74) is 6.25. The molecule has 1 fully saturated rings. The molecule has 2 aliphatic carbocycles. The fraction of sp³-hybridized carbons (Fsp3) is 0.846. The first-order valence-electron chi connectivity index (χ1n) is 6.39. The summed E-state index contributed by atoms with van der Waals surface area (Å²) in [5, 5.41) is 3.84. The number of hydrogen-bond donors (Lipinski definition) is 2. The van der Waals surface area contributed by atoms with Crippen molar-refractivity contribution in [1.29, 1.82) is 0 Å². The lowest BCUT2D eigenvalue weighted by Gasteiger charge is -2.44. The van der Waals surface area contributed by atoms with Crippen molar-refractivity contribution in [2.45, 2.75) is 57.0 Å². The second kappa shape index (κ2) is 4.67. The highest BCUT2D eigenvalue weighted by Crippen LogP contribution is 2.34. The quantitative estimate of drug-likeness (QED) is 0.698. The Kier molecular flexibility index (Phi) is 3.47. The third-order valence-electron chi connectivity index (χ3n) is 4.32. The third-order valence-corrected chi connectivity index (χ3v) is 4.32. The van der Waals surface area contributed by atoms with Crippen molar-refractivity contribution in [2.24, 2.45) is 11.7 Å². The summed E-state index contributed by atoms with van der Waals surface area (Å²) < 4.78 is 0. The van der Waals surface area contributed by atoms with Crippen LogP contribution in [-0.4, -0.2) is 18.1 Å². The molecule has 15 heavy (non-hydrogen) atoms. The topological polar surface area (TPSA) is 38.0 Å². The Bertz CT molecular complexity index is 229. The highest BCUT2D eigenvalue weighted by molar-refractivity contribution is 5.04. The molecule has 0 aromatic heterocycles. The lowest BCUT2D eigenvalue weighted by atomic mass is 9.73. The van der Waals surface area contributed by atoms with Crippen LogP contribution in [0.15, 0.2) is 12.2 Å². The fourth-order valence-electron chi connectivity index (χ4n) is 3.13. The van der Waals surface area contributed by atoms with Crippen LogP contribution in [-0.2, 0) is 0 Å². The van der Waals surface area contributed by atoms with Gasteiger partial charge in [0.15, 0.2) is 0 Å². The van der Waals surface area contributed by atoms with Crippen molar-refractivity contribution in [2.75, 3.05) is 6.54 Å². The first kappa shape index (κ1) is 11.2. The van der Waals surface area contributed by atoms with E-state index in [0.717, 1.165) is 12.5 Å². The molecule has 0 radical (unpaired) electrons. The zero-order valence-corrected chi connectivity index (χ0v) is 9.84. The first-order valence-corrected chi connectivity index (χ1v) is 6.39. The maximum atomic E-state index is 6.02. The molecule has 0 heterocycles. The normalized spacial score (nSPS) is 37.3. The molecule has 2 atom stereocenters. The molecule has 0 aliphatic heterocycles. The first-order chi connectivity index (χ1) is 7.27. The predicted molar refractivity (Wildman–Crippen MR) is 64.7 cm³/mol. The highest BCUT2D eigenvalue weighted by atomic mass is 15.0. The van der Waals surface area contributed by atoms with Gasteiger partial charge in [-0.25, -0.2) is 0 Å². The average Bonchev–Trinajstić information content (AvgIpc) is 2.74. The van der Waals surface area contributed by atoms with E-state index in [0.29, 0.717) is 6.04 Å². The van der Waals surface area contributed by atoms with Crippen LogP contribution in [0.25, 0.3) is 0 Å². The summed E-state index contributed by atoms with van der Waals surface area (Å²) in [6.45, 7) is 3.16. The van der Waals surface area contributed by atoms with Crippen molar-refractivity contribution in [3.05, 3.63) is 12.2 Å². The minimum Gasteiger partial charge on any atom is -0.329 e. The van der Waals surface area contributed by atoms with Crippen LogP contribution in [0.2, 0.25) is 0 Å². The van der Waals surface area contributed by atoms with Crippen molar-refractivity contribution < 1.29 is 0 Å². The third kappa shape index (κ3) is 2.26. The molecule has 0 aromatic carbocycles. The standard InChI is InChI=1S/C13H24N2/c1-11-6-4-5-9-13(11,10-14)15-12-7-2-3-8-12/h2-3,11-12,15H,4-10,14H2,1H3. The summed E-state index contributed by atoms with van der Waals surface area (Å²) in [7, 11) is 0. The Morgan fingerprint density at radius 3 is 2.67 bits per heavy atom. The molecular formula is C13H24N2. The largest absolute Gasteiger partial charge is 0.329 e.